The molecule has 0 saturated carbocycles. The number of halogens is 1. The Kier molecular flexibility index (Phi) is 7.19. The maximum atomic E-state index is 12.1. The van der Waals surface area contributed by atoms with Crippen LogP contribution in [0, 0.1) is 6.92 Å². The average Bonchev–Trinajstić information content (AvgIpc) is 2.72. The minimum Gasteiger partial charge on any atom is -0.354 e. The molecular formula is C22H23ClN4O3. The summed E-state index contributed by atoms with van der Waals surface area (Å²) in [6.07, 6.45) is 0.649. The number of hydrogen-bond donors (Lipinski definition) is 2. The number of aryl methyl sites for hydroxylation is 1. The van der Waals surface area contributed by atoms with E-state index in [1.807, 2.05) is 37.3 Å². The monoisotopic (exact) mass is 426 g/mol. The van der Waals surface area contributed by atoms with E-state index in [-0.39, 0.29) is 25.4 Å². The molecule has 0 saturated heterocycles. The van der Waals surface area contributed by atoms with Gasteiger partial charge in [0.1, 0.15) is 6.42 Å². The lowest BCUT2D eigenvalue weighted by Crippen LogP contribution is -2.39. The van der Waals surface area contributed by atoms with E-state index in [1.165, 1.54) is 5.01 Å². The number of anilines is 1. The minimum atomic E-state index is -0.434. The minimum absolute atomic E-state index is 0.0851. The van der Waals surface area contributed by atoms with Crippen LogP contribution in [0.15, 0.2) is 53.6 Å². The van der Waals surface area contributed by atoms with E-state index in [2.05, 4.69) is 15.7 Å². The summed E-state index contributed by atoms with van der Waals surface area (Å²) in [6, 6.07) is 14.8. The largest absolute Gasteiger partial charge is 0.354 e. The second kappa shape index (κ2) is 10.0. The van der Waals surface area contributed by atoms with Gasteiger partial charge in [-0.2, -0.15) is 5.10 Å². The van der Waals surface area contributed by atoms with E-state index in [9.17, 15) is 14.4 Å². The lowest BCUT2D eigenvalue weighted by atomic mass is 10.0. The predicted molar refractivity (Wildman–Crippen MR) is 116 cm³/mol. The lowest BCUT2D eigenvalue weighted by molar-refractivity contribution is -0.132. The van der Waals surface area contributed by atoms with Crippen molar-refractivity contribution in [1.82, 2.24) is 10.3 Å². The second-order valence-corrected chi connectivity index (χ2v) is 7.40. The van der Waals surface area contributed by atoms with Crippen molar-refractivity contribution in [2.75, 3.05) is 18.4 Å². The van der Waals surface area contributed by atoms with Crippen LogP contribution in [0.2, 0.25) is 5.02 Å². The summed E-state index contributed by atoms with van der Waals surface area (Å²) in [7, 11) is 0. The second-order valence-electron chi connectivity index (χ2n) is 6.96. The normalized spacial score (nSPS) is 13.6. The Bertz CT molecular complexity index is 976. The molecule has 8 heteroatoms. The van der Waals surface area contributed by atoms with Crippen LogP contribution < -0.4 is 10.6 Å². The van der Waals surface area contributed by atoms with Crippen molar-refractivity contribution in [3.8, 4) is 0 Å². The Balaban J connectivity index is 1.48. The number of hydrogen-bond acceptors (Lipinski definition) is 4. The van der Waals surface area contributed by atoms with Crippen molar-refractivity contribution in [1.29, 1.82) is 0 Å². The van der Waals surface area contributed by atoms with Crippen LogP contribution >= 0.6 is 11.6 Å². The van der Waals surface area contributed by atoms with Crippen molar-refractivity contribution in [3.05, 3.63) is 64.7 Å². The molecule has 1 aliphatic heterocycles. The number of rotatable bonds is 7. The average molecular weight is 427 g/mol. The van der Waals surface area contributed by atoms with Crippen molar-refractivity contribution >= 4 is 40.7 Å². The quantitative estimate of drug-likeness (QED) is 0.666. The van der Waals surface area contributed by atoms with Crippen LogP contribution in [0.1, 0.15) is 30.4 Å². The highest BCUT2D eigenvalue weighted by Gasteiger charge is 2.21. The molecule has 156 valence electrons. The maximum Gasteiger partial charge on any atom is 0.243 e. The fourth-order valence-electron chi connectivity index (χ4n) is 3.05. The third-order valence-electron chi connectivity index (χ3n) is 4.65. The Morgan fingerprint density at radius 1 is 1.10 bits per heavy atom. The summed E-state index contributed by atoms with van der Waals surface area (Å²) in [4.78, 5) is 36.3. The van der Waals surface area contributed by atoms with Crippen molar-refractivity contribution in [2.45, 2.75) is 26.2 Å². The Hall–Kier alpha value is -3.19. The van der Waals surface area contributed by atoms with Crippen LogP contribution in [0.25, 0.3) is 0 Å². The predicted octanol–water partition coefficient (Wildman–Crippen LogP) is 3.12. The molecule has 2 N–H and O–H groups in total. The van der Waals surface area contributed by atoms with Gasteiger partial charge in [-0.3, -0.25) is 14.4 Å². The zero-order valence-corrected chi connectivity index (χ0v) is 17.4. The van der Waals surface area contributed by atoms with E-state index in [4.69, 9.17) is 11.6 Å². The van der Waals surface area contributed by atoms with E-state index in [0.29, 0.717) is 23.6 Å². The third-order valence-corrected chi connectivity index (χ3v) is 4.89. The SMILES string of the molecule is Cc1ccc(Cl)cc1NC(=O)CC(=O)NCCN1N=C(c2ccccc2)CCC1=O. The molecule has 0 bridgehead atoms. The molecule has 0 radical (unpaired) electrons. The molecule has 0 atom stereocenters. The fourth-order valence-corrected chi connectivity index (χ4v) is 3.22. The highest BCUT2D eigenvalue weighted by Crippen LogP contribution is 2.20. The third kappa shape index (κ3) is 5.90. The van der Waals surface area contributed by atoms with Crippen molar-refractivity contribution in [3.63, 3.8) is 0 Å². The Morgan fingerprint density at radius 2 is 1.87 bits per heavy atom. The summed E-state index contributed by atoms with van der Waals surface area (Å²) in [5, 5.41) is 11.6. The number of amides is 3. The summed E-state index contributed by atoms with van der Waals surface area (Å²) in [5.41, 5.74) is 3.25. The van der Waals surface area contributed by atoms with Gasteiger partial charge in [0.05, 0.1) is 12.3 Å². The molecule has 0 spiro atoms. The van der Waals surface area contributed by atoms with Gasteiger partial charge in [0.15, 0.2) is 0 Å². The number of carbonyl (C=O) groups is 3. The zero-order chi connectivity index (χ0) is 21.5. The Morgan fingerprint density at radius 3 is 2.63 bits per heavy atom. The summed E-state index contributed by atoms with van der Waals surface area (Å²) in [5.74, 6) is -0.946. The highest BCUT2D eigenvalue weighted by atomic mass is 35.5. The van der Waals surface area contributed by atoms with Gasteiger partial charge in [-0.15, -0.1) is 0 Å². The smallest absolute Gasteiger partial charge is 0.243 e. The number of nitrogens with one attached hydrogen (secondary N) is 2. The van der Waals surface area contributed by atoms with Gasteiger partial charge in [0, 0.05) is 30.1 Å². The van der Waals surface area contributed by atoms with Gasteiger partial charge in [-0.25, -0.2) is 5.01 Å². The number of benzene rings is 2. The van der Waals surface area contributed by atoms with Crippen molar-refractivity contribution in [2.24, 2.45) is 5.10 Å². The summed E-state index contributed by atoms with van der Waals surface area (Å²) >= 11 is 5.94. The maximum absolute atomic E-state index is 12.1. The molecule has 3 rings (SSSR count). The fraction of sp³-hybridized carbons (Fsp3) is 0.273. The van der Waals surface area contributed by atoms with Gasteiger partial charge in [0.25, 0.3) is 0 Å². The molecule has 0 fully saturated rings. The summed E-state index contributed by atoms with van der Waals surface area (Å²) < 4.78 is 0. The first-order valence-corrected chi connectivity index (χ1v) is 10.1. The zero-order valence-electron chi connectivity index (χ0n) is 16.7. The van der Waals surface area contributed by atoms with E-state index >= 15 is 0 Å². The standard InChI is InChI=1S/C22H23ClN4O3/c1-15-7-8-17(23)13-19(15)25-21(29)14-20(28)24-11-12-27-22(30)10-9-18(26-27)16-5-3-2-4-6-16/h2-8,13H,9-12,14H2,1H3,(H,24,28)(H,25,29). The molecule has 30 heavy (non-hydrogen) atoms. The molecule has 0 unspecified atom stereocenters. The van der Waals surface area contributed by atoms with E-state index < -0.39 is 11.8 Å². The first kappa shape index (κ1) is 21.5. The molecule has 7 nitrogen and oxygen atoms in total. The van der Waals surface area contributed by atoms with Gasteiger partial charge in [0.2, 0.25) is 17.7 Å². The molecular weight excluding hydrogens is 404 g/mol. The number of nitrogens with zero attached hydrogens (tertiary/aromatic N) is 2. The first-order valence-electron chi connectivity index (χ1n) is 9.68. The van der Waals surface area contributed by atoms with Gasteiger partial charge >= 0.3 is 0 Å². The molecule has 0 aromatic heterocycles. The number of carbonyl (C=O) groups excluding carboxylic acids is 3. The molecule has 3 amide bonds. The van der Waals surface area contributed by atoms with Gasteiger partial charge < -0.3 is 10.6 Å². The van der Waals surface area contributed by atoms with Crippen LogP contribution in [0.4, 0.5) is 5.69 Å². The summed E-state index contributed by atoms with van der Waals surface area (Å²) in [6.45, 7) is 2.29. The number of hydrazone groups is 1. The topological polar surface area (TPSA) is 90.9 Å². The van der Waals surface area contributed by atoms with Gasteiger partial charge in [-0.1, -0.05) is 48.0 Å². The molecule has 2 aromatic carbocycles. The highest BCUT2D eigenvalue weighted by molar-refractivity contribution is 6.31. The van der Waals surface area contributed by atoms with Crippen LogP contribution in [0.5, 0.6) is 0 Å². The first-order chi connectivity index (χ1) is 14.4. The Labute approximate surface area is 180 Å². The molecule has 2 aromatic rings. The van der Waals surface area contributed by atoms with Crippen LogP contribution in [0.3, 0.4) is 0 Å². The molecule has 1 heterocycles. The van der Waals surface area contributed by atoms with E-state index in [0.717, 1.165) is 16.8 Å². The van der Waals surface area contributed by atoms with Crippen LogP contribution in [-0.2, 0) is 14.4 Å². The van der Waals surface area contributed by atoms with Crippen LogP contribution in [-0.4, -0.2) is 41.5 Å². The lowest BCUT2D eigenvalue weighted by Gasteiger charge is -2.23. The molecule has 0 aliphatic carbocycles. The van der Waals surface area contributed by atoms with E-state index in [1.54, 1.807) is 18.2 Å². The van der Waals surface area contributed by atoms with Gasteiger partial charge in [-0.05, 0) is 30.2 Å². The van der Waals surface area contributed by atoms with Crippen molar-refractivity contribution < 1.29 is 14.4 Å². The molecule has 1 aliphatic rings.